The second kappa shape index (κ2) is 13.1. The summed E-state index contributed by atoms with van der Waals surface area (Å²) in [5, 5.41) is 8.36. The summed E-state index contributed by atoms with van der Waals surface area (Å²) in [5.74, 6) is 3.18. The fourth-order valence-corrected chi connectivity index (χ4v) is 5.20. The molecule has 152 valence electrons. The van der Waals surface area contributed by atoms with E-state index in [1.54, 1.807) is 6.08 Å². The molecule has 0 aromatic carbocycles. The molecule has 2 rings (SSSR count). The second-order valence-electron chi connectivity index (χ2n) is 9.12. The Morgan fingerprint density at radius 3 is 1.81 bits per heavy atom. The van der Waals surface area contributed by atoms with Gasteiger partial charge in [-0.25, -0.2) is 0 Å². The van der Waals surface area contributed by atoms with Crippen LogP contribution in [-0.4, -0.2) is 0 Å². The minimum Gasteiger partial charge on any atom is -0.195 e. The van der Waals surface area contributed by atoms with E-state index >= 15 is 0 Å². The van der Waals surface area contributed by atoms with Crippen LogP contribution < -0.4 is 0 Å². The van der Waals surface area contributed by atoms with Gasteiger partial charge in [-0.15, -0.1) is 0 Å². The van der Waals surface area contributed by atoms with Crippen molar-refractivity contribution in [2.24, 2.45) is 23.7 Å². The van der Waals surface area contributed by atoms with Gasteiger partial charge >= 0.3 is 0 Å². The molecule has 0 aromatic rings. The van der Waals surface area contributed by atoms with Crippen molar-refractivity contribution in [1.29, 1.82) is 5.26 Å². The van der Waals surface area contributed by atoms with E-state index in [4.69, 9.17) is 5.26 Å². The van der Waals surface area contributed by atoms with Crippen LogP contribution in [0.3, 0.4) is 0 Å². The number of nitriles is 1. The zero-order chi connectivity index (χ0) is 19.3. The van der Waals surface area contributed by atoms with E-state index in [-0.39, 0.29) is 0 Å². The van der Waals surface area contributed by atoms with Crippen molar-refractivity contribution in [2.45, 2.75) is 103 Å². The fraction of sp³-hybridized carbons (Fsp3) is 0.800. The van der Waals surface area contributed by atoms with Crippen molar-refractivity contribution in [3.63, 3.8) is 0 Å². The summed E-state index contributed by atoms with van der Waals surface area (Å²) in [7, 11) is 0. The van der Waals surface area contributed by atoms with Crippen molar-refractivity contribution in [3.8, 4) is 6.07 Å². The molecule has 0 heterocycles. The van der Waals surface area contributed by atoms with Gasteiger partial charge in [0, 0.05) is 0 Å². The summed E-state index contributed by atoms with van der Waals surface area (Å²) in [6.07, 6.45) is 26.0. The first-order valence-electron chi connectivity index (χ1n) is 11.6. The zero-order valence-corrected chi connectivity index (χ0v) is 17.5. The van der Waals surface area contributed by atoms with Crippen molar-refractivity contribution in [1.82, 2.24) is 0 Å². The van der Waals surface area contributed by atoms with Gasteiger partial charge in [-0.3, -0.25) is 0 Å². The van der Waals surface area contributed by atoms with Crippen LogP contribution in [0.5, 0.6) is 0 Å². The Labute approximate surface area is 167 Å². The first kappa shape index (κ1) is 22.2. The van der Waals surface area contributed by atoms with Gasteiger partial charge in [-0.1, -0.05) is 103 Å². The predicted octanol–water partition coefficient (Wildman–Crippen LogP) is 8.28. The van der Waals surface area contributed by atoms with E-state index < -0.39 is 5.83 Å². The Hall–Kier alpha value is -1.10. The van der Waals surface area contributed by atoms with E-state index in [0.717, 1.165) is 30.1 Å². The normalized spacial score (nSPS) is 29.7. The van der Waals surface area contributed by atoms with Gasteiger partial charge < -0.3 is 0 Å². The first-order valence-corrected chi connectivity index (χ1v) is 11.6. The molecule has 0 aliphatic heterocycles. The molecule has 27 heavy (non-hydrogen) atoms. The van der Waals surface area contributed by atoms with Crippen LogP contribution in [0.25, 0.3) is 0 Å². The van der Waals surface area contributed by atoms with E-state index in [9.17, 15) is 4.39 Å². The Kier molecular flexibility index (Phi) is 10.8. The Bertz CT molecular complexity index is 485. The predicted molar refractivity (Wildman–Crippen MR) is 113 cm³/mol. The maximum absolute atomic E-state index is 12.7. The first-order chi connectivity index (χ1) is 13.2. The van der Waals surface area contributed by atoms with Gasteiger partial charge in [0.25, 0.3) is 0 Å². The maximum atomic E-state index is 12.7. The Balaban J connectivity index is 1.52. The zero-order valence-electron chi connectivity index (χ0n) is 17.5. The van der Waals surface area contributed by atoms with Crippen LogP contribution in [-0.2, 0) is 0 Å². The summed E-state index contributed by atoms with van der Waals surface area (Å²) in [6.45, 7) is 2.31. The number of unbranched alkanes of at least 4 members (excludes halogenated alkanes) is 1. The smallest absolute Gasteiger partial charge is 0.195 e. The fourth-order valence-electron chi connectivity index (χ4n) is 5.20. The molecule has 2 fully saturated rings. The van der Waals surface area contributed by atoms with Gasteiger partial charge in [-0.2, -0.15) is 9.65 Å². The monoisotopic (exact) mass is 373 g/mol. The van der Waals surface area contributed by atoms with Crippen LogP contribution in [0.4, 0.5) is 4.39 Å². The average molecular weight is 374 g/mol. The number of allylic oxidation sites excluding steroid dienone is 4. The molecule has 1 nitrogen and oxygen atoms in total. The third-order valence-electron chi connectivity index (χ3n) is 7.11. The highest BCUT2D eigenvalue weighted by molar-refractivity contribution is 5.18. The van der Waals surface area contributed by atoms with Crippen LogP contribution in [0, 0.1) is 35.0 Å². The number of hydrogen-bond donors (Lipinski definition) is 0. The summed E-state index contributed by atoms with van der Waals surface area (Å²) in [6, 6.07) is 1.50. The van der Waals surface area contributed by atoms with Crippen molar-refractivity contribution in [2.75, 3.05) is 0 Å². The molecule has 0 unspecified atom stereocenters. The number of halogens is 1. The minimum absolute atomic E-state index is 0.707. The Morgan fingerprint density at radius 1 is 0.852 bits per heavy atom. The van der Waals surface area contributed by atoms with Gasteiger partial charge in [0.15, 0.2) is 5.83 Å². The molecule has 2 aliphatic carbocycles. The minimum atomic E-state index is -0.707. The molecule has 0 amide bonds. The SMILES string of the molecule is CCCC[C@H]1CC[C@H](CC[C@H]2CC[C@H](CCC=CC=C(F)C#N)CC2)CC1. The third-order valence-corrected chi connectivity index (χ3v) is 7.11. The Morgan fingerprint density at radius 2 is 1.33 bits per heavy atom. The van der Waals surface area contributed by atoms with Gasteiger partial charge in [0.1, 0.15) is 6.07 Å². The second-order valence-corrected chi connectivity index (χ2v) is 9.12. The quantitative estimate of drug-likeness (QED) is 0.279. The van der Waals surface area contributed by atoms with Crippen LogP contribution in [0.2, 0.25) is 0 Å². The molecule has 0 radical (unpaired) electrons. The number of nitrogens with zero attached hydrogens (tertiary/aromatic N) is 1. The molecule has 2 heteroatoms. The summed E-state index contributed by atoms with van der Waals surface area (Å²) < 4.78 is 12.7. The van der Waals surface area contributed by atoms with Crippen LogP contribution in [0.15, 0.2) is 24.1 Å². The lowest BCUT2D eigenvalue weighted by Crippen LogP contribution is -2.18. The highest BCUT2D eigenvalue weighted by Crippen LogP contribution is 2.38. The molecule has 2 aliphatic rings. The van der Waals surface area contributed by atoms with Crippen molar-refractivity contribution < 1.29 is 4.39 Å². The van der Waals surface area contributed by atoms with Crippen molar-refractivity contribution >= 4 is 0 Å². The maximum Gasteiger partial charge on any atom is 0.199 e. The lowest BCUT2D eigenvalue weighted by molar-refractivity contribution is 0.209. The number of rotatable bonds is 10. The van der Waals surface area contributed by atoms with Gasteiger partial charge in [0.05, 0.1) is 0 Å². The van der Waals surface area contributed by atoms with Crippen LogP contribution >= 0.6 is 0 Å². The van der Waals surface area contributed by atoms with E-state index in [0.29, 0.717) is 0 Å². The standard InChI is InChI=1S/C25H40FN/c1-2-3-7-21-10-14-23(15-11-21)18-19-24-16-12-22(13-17-24)8-5-4-6-9-25(26)20-27/h4,6,9,21-24H,2-3,5,7-8,10-19H2,1H3/t21-,22-,23-,24-. The highest BCUT2D eigenvalue weighted by atomic mass is 19.1. The molecule has 0 N–H and O–H groups in total. The summed E-state index contributed by atoms with van der Waals surface area (Å²) in [4.78, 5) is 0. The molecule has 0 spiro atoms. The summed E-state index contributed by atoms with van der Waals surface area (Å²) in [5.41, 5.74) is 0. The number of hydrogen-bond acceptors (Lipinski definition) is 1. The van der Waals surface area contributed by atoms with Crippen molar-refractivity contribution in [3.05, 3.63) is 24.1 Å². The van der Waals surface area contributed by atoms with E-state index in [1.807, 2.05) is 6.08 Å². The van der Waals surface area contributed by atoms with E-state index in [2.05, 4.69) is 6.92 Å². The molecule has 0 bridgehead atoms. The molecular weight excluding hydrogens is 333 g/mol. The van der Waals surface area contributed by atoms with Gasteiger partial charge in [0.2, 0.25) is 0 Å². The van der Waals surface area contributed by atoms with Gasteiger partial charge in [-0.05, 0) is 42.6 Å². The molecule has 2 saturated carbocycles. The average Bonchev–Trinajstić information content (AvgIpc) is 2.72. The third kappa shape index (κ3) is 9.09. The van der Waals surface area contributed by atoms with E-state index in [1.165, 1.54) is 102 Å². The van der Waals surface area contributed by atoms with Crippen LogP contribution in [0.1, 0.15) is 103 Å². The molecular formula is C25H40FN. The topological polar surface area (TPSA) is 23.8 Å². The molecule has 0 atom stereocenters. The highest BCUT2D eigenvalue weighted by Gasteiger charge is 2.24. The summed E-state index contributed by atoms with van der Waals surface area (Å²) >= 11 is 0. The lowest BCUT2D eigenvalue weighted by Gasteiger charge is -2.32. The lowest BCUT2D eigenvalue weighted by atomic mass is 9.74. The molecule has 0 saturated heterocycles. The largest absolute Gasteiger partial charge is 0.199 e. The molecule has 0 aromatic heterocycles.